The van der Waals surface area contributed by atoms with Gasteiger partial charge in [0, 0.05) is 60.8 Å². The van der Waals surface area contributed by atoms with Crippen molar-refractivity contribution in [2.45, 2.75) is 119 Å². The first-order chi connectivity index (χ1) is 30.1. The Morgan fingerprint density at radius 1 is 0.470 bits per heavy atom. The molecule has 2 aliphatic rings. The number of hydrogen-bond donors (Lipinski definition) is 0. The van der Waals surface area contributed by atoms with E-state index < -0.39 is 0 Å². The van der Waals surface area contributed by atoms with Crippen LogP contribution in [-0.4, -0.2) is 11.3 Å². The number of nitrogens with zero attached hydrogens (tertiary/aromatic N) is 3. The molecule has 0 spiro atoms. The van der Waals surface area contributed by atoms with Crippen molar-refractivity contribution in [3.8, 4) is 5.69 Å². The van der Waals surface area contributed by atoms with Crippen molar-refractivity contribution < 1.29 is 54.6 Å². The third kappa shape index (κ3) is 7.91. The van der Waals surface area contributed by atoms with Crippen molar-refractivity contribution in [2.24, 2.45) is 0 Å². The average Bonchev–Trinajstić information content (AvgIpc) is 3.55. The van der Waals surface area contributed by atoms with Crippen molar-refractivity contribution in [3.05, 3.63) is 167 Å². The number of aromatic nitrogens is 1. The van der Waals surface area contributed by atoms with Gasteiger partial charge >= 0.3 is 27.3 Å². The van der Waals surface area contributed by atoms with Gasteiger partial charge < -0.3 is 26.5 Å². The number of anilines is 6. The van der Waals surface area contributed by atoms with Gasteiger partial charge in [-0.25, -0.2) is 5.69 Å². The molecule has 0 bridgehead atoms. The van der Waals surface area contributed by atoms with Gasteiger partial charge in [-0.05, 0) is 88.8 Å². The number of rotatable bonds is 3. The van der Waals surface area contributed by atoms with Crippen LogP contribution in [0, 0.1) is 32.0 Å². The van der Waals surface area contributed by atoms with E-state index in [1.807, 2.05) is 0 Å². The number of benzene rings is 7. The summed E-state index contributed by atoms with van der Waals surface area (Å²) in [6.07, 6.45) is 0. The predicted octanol–water partition coefficient (Wildman–Crippen LogP) is 14.1. The number of aryl methyl sites for hydroxylation is 2. The molecule has 0 unspecified atom stereocenters. The second kappa shape index (κ2) is 16.8. The van der Waals surface area contributed by atoms with Crippen molar-refractivity contribution in [2.75, 3.05) is 9.80 Å². The fourth-order valence-corrected chi connectivity index (χ4v) is 10.3. The summed E-state index contributed by atoms with van der Waals surface area (Å²) in [7, 11) is 0. The van der Waals surface area contributed by atoms with Gasteiger partial charge in [0.15, 0.2) is 6.71 Å². The second-order valence-corrected chi connectivity index (χ2v) is 22.7. The normalized spacial score (nSPS) is 13.6. The molecule has 0 N–H and O–H groups in total. The number of hydrogen-bond acceptors (Lipinski definition) is 2. The summed E-state index contributed by atoms with van der Waals surface area (Å²) in [6, 6.07) is 55.2. The minimum absolute atomic E-state index is 0. The van der Waals surface area contributed by atoms with Crippen LogP contribution in [0.25, 0.3) is 27.5 Å². The van der Waals surface area contributed by atoms with E-state index in [1.54, 1.807) is 0 Å². The molecular weight excluding hydrogens is 998 g/mol. The van der Waals surface area contributed by atoms with Crippen molar-refractivity contribution in [1.82, 2.24) is 4.57 Å². The smallest absolute Gasteiger partial charge is 0.383 e. The fraction of sp³-hybridized carbons (Fsp3) is 0.300. The predicted molar refractivity (Wildman–Crippen MR) is 276 cm³/mol. The number of para-hydroxylation sites is 2. The largest absolute Gasteiger partial charge is 2.00 e. The minimum atomic E-state index is -0.147. The monoisotopic (exact) mass is 1060 g/mol. The molecule has 6 heteroatoms. The Hall–Kier alpha value is -4.15. The maximum atomic E-state index is 3.94. The Kier molecular flexibility index (Phi) is 12.3. The van der Waals surface area contributed by atoms with Crippen LogP contribution in [0.2, 0.25) is 0 Å². The quantitative estimate of drug-likeness (QED) is 0.129. The topological polar surface area (TPSA) is 11.4 Å². The molecule has 0 atom stereocenters. The Bertz CT molecular complexity index is 3150. The van der Waals surface area contributed by atoms with Crippen LogP contribution in [-0.2, 0) is 76.3 Å². The summed E-state index contributed by atoms with van der Waals surface area (Å²) in [5.41, 5.74) is 21.6. The van der Waals surface area contributed by atoms with E-state index in [1.165, 1.54) is 94.3 Å². The van der Waals surface area contributed by atoms with Gasteiger partial charge in [-0.2, -0.15) is 23.8 Å². The van der Waals surface area contributed by atoms with Crippen LogP contribution in [0.3, 0.4) is 0 Å². The molecule has 0 fully saturated rings. The standard InChI is InChI=1S/C60H61BN3.2Cd/c1-37-30-41(59(9,10)11)31-38(2)56(37)64-52-36-51-46(45-22-18-19-23-49(45)62(51)43-20-16-15-17-21-43)35-48(52)61-47-32-40(58(6,7)8)26-29-50(47)63(44-27-24-39(25-28-44)57(3,4)5)53-33-42(60(12,13)14)34-54(64)55(53)61;;/h15-26,30-36H,1-14H3;;/q-3;;+2. The van der Waals surface area contributed by atoms with Crippen LogP contribution in [0.4, 0.5) is 34.1 Å². The third-order valence-corrected chi connectivity index (χ3v) is 13.9. The molecule has 0 aliphatic carbocycles. The Morgan fingerprint density at radius 3 is 1.59 bits per heavy atom. The van der Waals surface area contributed by atoms with Crippen LogP contribution in [0.5, 0.6) is 0 Å². The Balaban J connectivity index is 0.00000296. The first-order valence-electron chi connectivity index (χ1n) is 23.1. The maximum absolute atomic E-state index is 3.94. The SMILES string of the molecule is Cc1cc(C(C)(C)C)cc(C)c1N1c2cc3c(cc2B2c4cc(C(C)(C)C)c[c-]c4N(c4[c-]cc(C(C)(C)C)c[c-]4)c4cc(C(C)(C)C)cc1c42)c1ccccc1n3-c1ccccc1.[Cd+2].[Cd]. The molecule has 8 aromatic rings. The maximum Gasteiger partial charge on any atom is 2.00 e. The van der Waals surface area contributed by atoms with E-state index in [-0.39, 0.29) is 83.0 Å². The van der Waals surface area contributed by atoms with E-state index in [0.29, 0.717) is 0 Å². The summed E-state index contributed by atoms with van der Waals surface area (Å²) < 4.78 is 2.47. The molecule has 3 heterocycles. The second-order valence-electron chi connectivity index (χ2n) is 22.7. The zero-order valence-corrected chi connectivity index (χ0v) is 49.9. The molecular formula is C60H61BCd2N3-. The van der Waals surface area contributed by atoms with E-state index >= 15 is 0 Å². The van der Waals surface area contributed by atoms with Gasteiger partial charge in [0.2, 0.25) is 0 Å². The van der Waals surface area contributed by atoms with E-state index in [2.05, 4.69) is 245 Å². The zero-order chi connectivity index (χ0) is 45.4. The van der Waals surface area contributed by atoms with Crippen molar-refractivity contribution in [3.63, 3.8) is 0 Å². The van der Waals surface area contributed by atoms with Gasteiger partial charge in [-0.15, -0.1) is 10.9 Å². The van der Waals surface area contributed by atoms with Crippen LogP contribution in [0.1, 0.15) is 116 Å². The summed E-state index contributed by atoms with van der Waals surface area (Å²) in [6.45, 7) is 32.3. The van der Waals surface area contributed by atoms with E-state index in [9.17, 15) is 0 Å². The van der Waals surface area contributed by atoms with Gasteiger partial charge in [0.25, 0.3) is 0 Å². The van der Waals surface area contributed by atoms with E-state index in [0.717, 1.165) is 17.1 Å². The summed E-state index contributed by atoms with van der Waals surface area (Å²) >= 11 is 0. The molecule has 7 aromatic carbocycles. The Labute approximate surface area is 435 Å². The van der Waals surface area contributed by atoms with Crippen molar-refractivity contribution >= 4 is 79.0 Å². The molecule has 66 heavy (non-hydrogen) atoms. The molecule has 3 nitrogen and oxygen atoms in total. The van der Waals surface area contributed by atoms with E-state index in [4.69, 9.17) is 0 Å². The van der Waals surface area contributed by atoms with Crippen LogP contribution in [0.15, 0.2) is 115 Å². The number of fused-ring (bicyclic) bond motifs is 7. The fourth-order valence-electron chi connectivity index (χ4n) is 10.3. The first kappa shape index (κ1) is 48.3. The molecule has 0 radical (unpaired) electrons. The summed E-state index contributed by atoms with van der Waals surface area (Å²) in [5, 5.41) is 2.51. The van der Waals surface area contributed by atoms with Gasteiger partial charge in [-0.3, -0.25) is 17.7 Å². The van der Waals surface area contributed by atoms with Crippen LogP contribution < -0.4 is 26.2 Å². The molecule has 10 rings (SSSR count). The first-order valence-corrected chi connectivity index (χ1v) is 23.1. The zero-order valence-electron chi connectivity index (χ0n) is 41.8. The summed E-state index contributed by atoms with van der Waals surface area (Å²) in [4.78, 5) is 5.06. The molecule has 0 saturated heterocycles. The molecule has 0 amide bonds. The average molecular weight is 1060 g/mol. The van der Waals surface area contributed by atoms with Gasteiger partial charge in [-0.1, -0.05) is 154 Å². The molecule has 324 valence electrons. The van der Waals surface area contributed by atoms with Crippen LogP contribution >= 0.6 is 0 Å². The van der Waals surface area contributed by atoms with Gasteiger partial charge in [0.1, 0.15) is 0 Å². The van der Waals surface area contributed by atoms with Gasteiger partial charge in [0.05, 0.1) is 16.7 Å². The molecule has 2 aliphatic heterocycles. The van der Waals surface area contributed by atoms with Crippen molar-refractivity contribution in [1.29, 1.82) is 0 Å². The summed E-state index contributed by atoms with van der Waals surface area (Å²) in [5.74, 6) is 0. The minimum Gasteiger partial charge on any atom is -0.383 e. The Morgan fingerprint density at radius 2 is 1.00 bits per heavy atom. The third-order valence-electron chi connectivity index (χ3n) is 13.9. The molecule has 0 saturated carbocycles. The molecule has 1 aromatic heterocycles.